The second-order valence-electron chi connectivity index (χ2n) is 6.72. The van der Waals surface area contributed by atoms with Crippen molar-refractivity contribution >= 4 is 22.5 Å². The highest BCUT2D eigenvalue weighted by Gasteiger charge is 2.31. The summed E-state index contributed by atoms with van der Waals surface area (Å²) in [7, 11) is 0. The van der Waals surface area contributed by atoms with Crippen LogP contribution in [0.5, 0.6) is 5.75 Å². The second-order valence-corrected chi connectivity index (χ2v) is 6.72. The number of halogens is 6. The van der Waals surface area contributed by atoms with Crippen molar-refractivity contribution in [2.45, 2.75) is 20.2 Å². The molecule has 1 N–H and O–H groups in total. The van der Waals surface area contributed by atoms with Crippen LogP contribution in [0, 0.1) is 31.3 Å². The number of aromatic nitrogens is 4. The summed E-state index contributed by atoms with van der Waals surface area (Å²) >= 11 is 0. The Balaban J connectivity index is 1.74. The highest BCUT2D eigenvalue weighted by molar-refractivity contribution is 5.78. The van der Waals surface area contributed by atoms with E-state index in [0.29, 0.717) is 6.07 Å². The summed E-state index contributed by atoms with van der Waals surface area (Å²) in [5.74, 6) is -3.15. The Hall–Kier alpha value is -3.83. The normalized spacial score (nSPS) is 11.8. The van der Waals surface area contributed by atoms with Gasteiger partial charge in [0.15, 0.2) is 17.5 Å². The van der Waals surface area contributed by atoms with E-state index in [1.54, 1.807) is 0 Å². The molecule has 2 aromatic heterocycles. The predicted molar refractivity (Wildman–Crippen MR) is 102 cm³/mol. The summed E-state index contributed by atoms with van der Waals surface area (Å²) in [5.41, 5.74) is 0.0780. The summed E-state index contributed by atoms with van der Waals surface area (Å²) < 4.78 is 84.5. The van der Waals surface area contributed by atoms with Gasteiger partial charge in [-0.3, -0.25) is 4.57 Å². The predicted octanol–water partition coefficient (Wildman–Crippen LogP) is 5.49. The van der Waals surface area contributed by atoms with Crippen molar-refractivity contribution in [3.05, 3.63) is 65.4 Å². The monoisotopic (exact) mass is 453 g/mol. The van der Waals surface area contributed by atoms with Gasteiger partial charge in [0.05, 0.1) is 11.2 Å². The molecule has 0 bridgehead atoms. The van der Waals surface area contributed by atoms with Crippen LogP contribution < -0.4 is 10.1 Å². The molecule has 0 spiro atoms. The van der Waals surface area contributed by atoms with Gasteiger partial charge in [0.25, 0.3) is 0 Å². The first-order valence-corrected chi connectivity index (χ1v) is 9.03. The van der Waals surface area contributed by atoms with Crippen LogP contribution in [0.15, 0.2) is 36.4 Å². The Bertz CT molecular complexity index is 1320. The van der Waals surface area contributed by atoms with Crippen molar-refractivity contribution in [3.63, 3.8) is 0 Å². The minimum absolute atomic E-state index is 0.0469. The maximum Gasteiger partial charge on any atom is 0.573 e. The topological polar surface area (TPSA) is 64.9 Å². The zero-order valence-corrected chi connectivity index (χ0v) is 16.4. The summed E-state index contributed by atoms with van der Waals surface area (Å²) in [5, 5.41) is 2.65. The maximum absolute atomic E-state index is 14.6. The molecule has 166 valence electrons. The lowest BCUT2D eigenvalue weighted by molar-refractivity contribution is -0.274. The van der Waals surface area contributed by atoms with Gasteiger partial charge in [0.2, 0.25) is 5.95 Å². The van der Waals surface area contributed by atoms with Gasteiger partial charge in [-0.05, 0) is 38.1 Å². The average Bonchev–Trinajstić information content (AvgIpc) is 3.02. The summed E-state index contributed by atoms with van der Waals surface area (Å²) in [4.78, 5) is 12.2. The first kappa shape index (κ1) is 21.4. The van der Waals surface area contributed by atoms with Crippen molar-refractivity contribution in [2.24, 2.45) is 0 Å². The number of alkyl halides is 3. The summed E-state index contributed by atoms with van der Waals surface area (Å²) in [6.07, 6.45) is -4.84. The van der Waals surface area contributed by atoms with Gasteiger partial charge in [0.1, 0.15) is 22.9 Å². The van der Waals surface area contributed by atoms with E-state index in [9.17, 15) is 26.3 Å². The number of anilines is 2. The molecule has 2 heterocycles. The van der Waals surface area contributed by atoms with Crippen molar-refractivity contribution in [1.82, 2.24) is 19.5 Å². The molecule has 0 aliphatic heterocycles. The molecule has 2 aromatic carbocycles. The molecule has 0 amide bonds. The molecular formula is C20H13F6N5O. The lowest BCUT2D eigenvalue weighted by Crippen LogP contribution is -2.17. The van der Waals surface area contributed by atoms with Crippen LogP contribution in [0.2, 0.25) is 0 Å². The van der Waals surface area contributed by atoms with Crippen LogP contribution in [0.25, 0.3) is 17.0 Å². The third-order valence-electron chi connectivity index (χ3n) is 4.40. The summed E-state index contributed by atoms with van der Waals surface area (Å²) in [6, 6.07) is 6.30. The maximum atomic E-state index is 14.6. The largest absolute Gasteiger partial charge is 0.573 e. The molecule has 32 heavy (non-hydrogen) atoms. The van der Waals surface area contributed by atoms with Crippen LogP contribution in [0.4, 0.5) is 37.8 Å². The Labute approximate surface area is 176 Å². The van der Waals surface area contributed by atoms with Gasteiger partial charge in [-0.2, -0.15) is 4.98 Å². The van der Waals surface area contributed by atoms with E-state index < -0.39 is 29.6 Å². The van der Waals surface area contributed by atoms with Crippen LogP contribution in [0.1, 0.15) is 11.5 Å². The van der Waals surface area contributed by atoms with Crippen LogP contribution >= 0.6 is 0 Å². The lowest BCUT2D eigenvalue weighted by atomic mass is 10.3. The zero-order chi connectivity index (χ0) is 23.2. The van der Waals surface area contributed by atoms with E-state index in [0.717, 1.165) is 18.2 Å². The molecule has 0 aliphatic carbocycles. The number of imidazole rings is 1. The highest BCUT2D eigenvalue weighted by Crippen LogP contribution is 2.28. The fourth-order valence-corrected chi connectivity index (χ4v) is 3.08. The quantitative estimate of drug-likeness (QED) is 0.414. The van der Waals surface area contributed by atoms with E-state index in [2.05, 4.69) is 25.0 Å². The minimum atomic E-state index is -4.84. The molecule has 0 atom stereocenters. The minimum Gasteiger partial charge on any atom is -0.406 e. The number of hydrogen-bond donors (Lipinski definition) is 1. The zero-order valence-electron chi connectivity index (χ0n) is 16.4. The molecule has 0 aliphatic rings. The summed E-state index contributed by atoms with van der Waals surface area (Å²) in [6.45, 7) is 2.88. The number of aryl methyl sites for hydroxylation is 2. The van der Waals surface area contributed by atoms with E-state index in [1.807, 2.05) is 0 Å². The molecule has 0 saturated heterocycles. The molecule has 0 unspecified atom stereocenters. The number of rotatable bonds is 4. The fourth-order valence-electron chi connectivity index (χ4n) is 3.08. The Morgan fingerprint density at radius 1 is 0.938 bits per heavy atom. The molecule has 0 fully saturated rings. The van der Waals surface area contributed by atoms with Crippen molar-refractivity contribution in [1.29, 1.82) is 0 Å². The Kier molecular flexibility index (Phi) is 5.15. The van der Waals surface area contributed by atoms with Crippen LogP contribution in [-0.2, 0) is 0 Å². The molecular weight excluding hydrogens is 440 g/mol. The van der Waals surface area contributed by atoms with E-state index in [1.165, 1.54) is 30.5 Å². The second kappa shape index (κ2) is 7.70. The smallest absolute Gasteiger partial charge is 0.406 e. The first-order valence-electron chi connectivity index (χ1n) is 9.03. The Morgan fingerprint density at radius 2 is 1.62 bits per heavy atom. The van der Waals surface area contributed by atoms with Gasteiger partial charge in [-0.25, -0.2) is 23.1 Å². The molecule has 6 nitrogen and oxygen atoms in total. The Morgan fingerprint density at radius 3 is 2.28 bits per heavy atom. The van der Waals surface area contributed by atoms with Gasteiger partial charge < -0.3 is 10.1 Å². The molecule has 0 saturated carbocycles. The SMILES string of the molecule is Cc1nc(-n2c(C)nc3c(F)cc(F)cc32)nc(Nc2ccc(OC(F)(F)F)cc2)c1F. The molecule has 4 aromatic rings. The fraction of sp³-hybridized carbons (Fsp3) is 0.150. The number of hydrogen-bond acceptors (Lipinski definition) is 5. The van der Waals surface area contributed by atoms with Crippen LogP contribution in [0.3, 0.4) is 0 Å². The number of fused-ring (bicyclic) bond motifs is 1. The van der Waals surface area contributed by atoms with Gasteiger partial charge in [-0.1, -0.05) is 0 Å². The average molecular weight is 453 g/mol. The van der Waals surface area contributed by atoms with Crippen molar-refractivity contribution in [3.8, 4) is 11.7 Å². The van der Waals surface area contributed by atoms with Gasteiger partial charge in [0, 0.05) is 17.8 Å². The highest BCUT2D eigenvalue weighted by atomic mass is 19.4. The van der Waals surface area contributed by atoms with E-state index in [-0.39, 0.29) is 40.0 Å². The number of benzene rings is 2. The third kappa shape index (κ3) is 4.15. The molecule has 0 radical (unpaired) electrons. The number of nitrogens with one attached hydrogen (secondary N) is 1. The molecule has 12 heteroatoms. The van der Waals surface area contributed by atoms with Crippen LogP contribution in [-0.4, -0.2) is 25.9 Å². The first-order chi connectivity index (χ1) is 15.0. The van der Waals surface area contributed by atoms with Crippen molar-refractivity contribution in [2.75, 3.05) is 5.32 Å². The third-order valence-corrected chi connectivity index (χ3v) is 4.40. The lowest BCUT2D eigenvalue weighted by Gasteiger charge is -2.13. The van der Waals surface area contributed by atoms with E-state index in [4.69, 9.17) is 0 Å². The number of nitrogens with zero attached hydrogens (tertiary/aromatic N) is 4. The number of ether oxygens (including phenoxy) is 1. The molecule has 4 rings (SSSR count). The van der Waals surface area contributed by atoms with E-state index >= 15 is 0 Å². The standard InChI is InChI=1S/C20H13F6N5O/c1-9-16(23)18(29-12-3-5-13(6-4-12)32-20(24,25)26)30-19(27-9)31-10(2)28-17-14(22)7-11(21)8-15(17)31/h3-8H,1-2H3,(H,27,29,30). The van der Waals surface area contributed by atoms with Gasteiger partial charge in [-0.15, -0.1) is 13.2 Å². The van der Waals surface area contributed by atoms with Gasteiger partial charge >= 0.3 is 6.36 Å². The van der Waals surface area contributed by atoms with Crippen molar-refractivity contribution < 1.29 is 31.1 Å².